The highest BCUT2D eigenvalue weighted by atomic mass is 35.5. The molecule has 0 bridgehead atoms. The van der Waals surface area contributed by atoms with E-state index in [1.807, 2.05) is 29.8 Å². The summed E-state index contributed by atoms with van der Waals surface area (Å²) in [6.07, 6.45) is 2.47. The van der Waals surface area contributed by atoms with Crippen molar-refractivity contribution >= 4 is 41.0 Å². The number of nitrogens with zero attached hydrogens (tertiary/aromatic N) is 2. The third-order valence-electron chi connectivity index (χ3n) is 6.68. The van der Waals surface area contributed by atoms with Gasteiger partial charge in [0.05, 0.1) is 23.9 Å². The number of nitrogens with one attached hydrogen (secondary N) is 1. The molecule has 3 aromatic carbocycles. The van der Waals surface area contributed by atoms with Crippen molar-refractivity contribution in [2.75, 3.05) is 7.11 Å². The molecule has 2 N–H and O–H groups in total. The second-order valence-electron chi connectivity index (χ2n) is 9.70. The van der Waals surface area contributed by atoms with Gasteiger partial charge in [0.25, 0.3) is 0 Å². The van der Waals surface area contributed by atoms with Crippen LogP contribution in [0.3, 0.4) is 0 Å². The van der Waals surface area contributed by atoms with Crippen molar-refractivity contribution in [2.45, 2.75) is 45.2 Å². The topological polar surface area (TPSA) is 120 Å². The maximum Gasteiger partial charge on any atom is 0.341 e. The van der Waals surface area contributed by atoms with Gasteiger partial charge < -0.3 is 24.5 Å². The normalized spacial score (nSPS) is 11.5. The molecular weight excluding hydrogens is 593 g/mol. The molecule has 9 nitrogen and oxygen atoms in total. The van der Waals surface area contributed by atoms with Crippen LogP contribution in [0, 0.1) is 0 Å². The van der Waals surface area contributed by atoms with Crippen LogP contribution >= 0.6 is 23.2 Å². The third-order valence-corrected chi connectivity index (χ3v) is 7.23. The number of para-hydroxylation sites is 1. The third kappa shape index (κ3) is 8.37. The van der Waals surface area contributed by atoms with Gasteiger partial charge in [-0.25, -0.2) is 9.78 Å². The summed E-state index contributed by atoms with van der Waals surface area (Å²) in [4.78, 5) is 40.8. The number of carbonyl (C=O) groups excluding carboxylic acids is 2. The van der Waals surface area contributed by atoms with E-state index < -0.39 is 18.0 Å². The lowest BCUT2D eigenvalue weighted by atomic mass is 10.0. The summed E-state index contributed by atoms with van der Waals surface area (Å²) in [5.74, 6) is -0.215. The van der Waals surface area contributed by atoms with Gasteiger partial charge in [-0.3, -0.25) is 9.59 Å². The molecule has 0 spiro atoms. The number of hydrogen-bond acceptors (Lipinski definition) is 6. The Balaban J connectivity index is 1.60. The predicted molar refractivity (Wildman–Crippen MR) is 164 cm³/mol. The molecule has 0 radical (unpaired) electrons. The highest BCUT2D eigenvalue weighted by molar-refractivity contribution is 6.36. The average molecular weight is 625 g/mol. The van der Waals surface area contributed by atoms with Gasteiger partial charge in [0.15, 0.2) is 0 Å². The van der Waals surface area contributed by atoms with Gasteiger partial charge in [-0.1, -0.05) is 47.5 Å². The molecule has 4 rings (SSSR count). The van der Waals surface area contributed by atoms with Crippen LogP contribution < -0.4 is 10.1 Å². The van der Waals surface area contributed by atoms with Gasteiger partial charge >= 0.3 is 11.9 Å². The Kier molecular flexibility index (Phi) is 10.8. The smallest absolute Gasteiger partial charge is 0.341 e. The van der Waals surface area contributed by atoms with E-state index >= 15 is 0 Å². The molecule has 0 aliphatic carbocycles. The van der Waals surface area contributed by atoms with E-state index in [0.29, 0.717) is 57.2 Å². The summed E-state index contributed by atoms with van der Waals surface area (Å²) >= 11 is 12.6. The van der Waals surface area contributed by atoms with E-state index in [1.165, 1.54) is 7.11 Å². The summed E-state index contributed by atoms with van der Waals surface area (Å²) in [5, 5.41) is 13.0. The molecule has 0 unspecified atom stereocenters. The minimum atomic E-state index is -0.952. The molecular formula is C32H31Cl2N3O6. The molecule has 0 saturated heterocycles. The van der Waals surface area contributed by atoms with E-state index in [4.69, 9.17) is 42.8 Å². The number of carboxylic acid groups (broad SMARTS) is 1. The number of hydrogen-bond donors (Lipinski definition) is 2. The number of aliphatic carboxylic acids is 1. The predicted octanol–water partition coefficient (Wildman–Crippen LogP) is 7.11. The first-order valence-corrected chi connectivity index (χ1v) is 14.4. The number of ether oxygens (including phenoxy) is 2. The van der Waals surface area contributed by atoms with Crippen molar-refractivity contribution in [1.82, 2.24) is 14.9 Å². The van der Waals surface area contributed by atoms with Crippen molar-refractivity contribution in [3.8, 4) is 22.8 Å². The lowest BCUT2D eigenvalue weighted by Crippen LogP contribution is -2.32. The SMILES string of the molecule is CCn1cc(-c2ccc(Cl)cc2Cl)nc1[C@H](Cc1ccc(Oc2ccccc2C(=O)OC)cc1)NC(=O)CCCC(=O)O. The van der Waals surface area contributed by atoms with Gasteiger partial charge in [0, 0.05) is 36.2 Å². The van der Waals surface area contributed by atoms with Gasteiger partial charge in [0.2, 0.25) is 5.91 Å². The molecule has 4 aromatic rings. The largest absolute Gasteiger partial charge is 0.481 e. The molecule has 0 saturated carbocycles. The molecule has 224 valence electrons. The first-order chi connectivity index (χ1) is 20.7. The fraction of sp³-hybridized carbons (Fsp3) is 0.250. The lowest BCUT2D eigenvalue weighted by molar-refractivity contribution is -0.137. The molecule has 0 aliphatic rings. The first-order valence-electron chi connectivity index (χ1n) is 13.7. The first kappa shape index (κ1) is 31.6. The minimum absolute atomic E-state index is 0.0673. The van der Waals surface area contributed by atoms with Crippen LogP contribution in [0.2, 0.25) is 10.0 Å². The molecule has 1 heterocycles. The lowest BCUT2D eigenvalue weighted by Gasteiger charge is -2.20. The number of benzene rings is 3. The van der Waals surface area contributed by atoms with Crippen molar-refractivity contribution < 1.29 is 29.0 Å². The van der Waals surface area contributed by atoms with E-state index in [9.17, 15) is 14.4 Å². The summed E-state index contributed by atoms with van der Waals surface area (Å²) in [7, 11) is 1.31. The molecule has 43 heavy (non-hydrogen) atoms. The number of rotatable bonds is 13. The zero-order valence-corrected chi connectivity index (χ0v) is 25.2. The molecule has 1 atom stereocenters. The quantitative estimate of drug-likeness (QED) is 0.152. The highest BCUT2D eigenvalue weighted by Crippen LogP contribution is 2.32. The van der Waals surface area contributed by atoms with Crippen molar-refractivity contribution in [3.05, 3.63) is 99.9 Å². The van der Waals surface area contributed by atoms with Gasteiger partial charge in [0.1, 0.15) is 22.9 Å². The second kappa shape index (κ2) is 14.7. The summed E-state index contributed by atoms with van der Waals surface area (Å²) < 4.78 is 12.7. The summed E-state index contributed by atoms with van der Waals surface area (Å²) in [5.41, 5.74) is 2.54. The fourth-order valence-electron chi connectivity index (χ4n) is 4.55. The standard InChI is InChI=1S/C32H31Cl2N3O6/c1-3-37-19-27(23-16-13-21(33)18-25(23)34)36-31(37)26(35-29(38)9-6-10-30(39)40)17-20-11-14-22(15-12-20)43-28-8-5-4-7-24(28)32(41)42-2/h4-5,7-8,11-16,18-19,26H,3,6,9-10,17H2,1-2H3,(H,35,38)(H,39,40)/t26-/m0/s1. The maximum atomic E-state index is 12.9. The maximum absolute atomic E-state index is 12.9. The molecule has 0 fully saturated rings. The average Bonchev–Trinajstić information content (AvgIpc) is 3.41. The molecule has 1 amide bonds. The van der Waals surface area contributed by atoms with Crippen LogP contribution in [0.15, 0.2) is 72.9 Å². The van der Waals surface area contributed by atoms with Crippen LogP contribution in [0.25, 0.3) is 11.3 Å². The van der Waals surface area contributed by atoms with Crippen LogP contribution in [0.1, 0.15) is 54.0 Å². The Bertz CT molecular complexity index is 1600. The van der Waals surface area contributed by atoms with Crippen LogP contribution in [0.4, 0.5) is 0 Å². The summed E-state index contributed by atoms with van der Waals surface area (Å²) in [6.45, 7) is 2.56. The molecule has 1 aromatic heterocycles. The highest BCUT2D eigenvalue weighted by Gasteiger charge is 2.23. The number of carbonyl (C=O) groups is 3. The van der Waals surface area contributed by atoms with Crippen LogP contribution in [0.5, 0.6) is 11.5 Å². The number of imidazole rings is 1. The Morgan fingerprint density at radius 2 is 1.77 bits per heavy atom. The Labute approximate surface area is 259 Å². The number of esters is 1. The second-order valence-corrected chi connectivity index (χ2v) is 10.5. The van der Waals surface area contributed by atoms with Crippen molar-refractivity contribution in [3.63, 3.8) is 0 Å². The Hall–Kier alpha value is -4.34. The zero-order valence-electron chi connectivity index (χ0n) is 23.7. The number of halogens is 2. The van der Waals surface area contributed by atoms with E-state index in [2.05, 4.69) is 5.32 Å². The van der Waals surface area contributed by atoms with Gasteiger partial charge in [-0.2, -0.15) is 0 Å². The Morgan fingerprint density at radius 3 is 2.44 bits per heavy atom. The fourth-order valence-corrected chi connectivity index (χ4v) is 5.06. The van der Waals surface area contributed by atoms with Crippen LogP contribution in [-0.4, -0.2) is 39.6 Å². The Morgan fingerprint density at radius 1 is 1.02 bits per heavy atom. The number of aromatic nitrogens is 2. The molecule has 0 aliphatic heterocycles. The van der Waals surface area contributed by atoms with E-state index in [1.54, 1.807) is 54.6 Å². The monoisotopic (exact) mass is 623 g/mol. The van der Waals surface area contributed by atoms with E-state index in [0.717, 1.165) is 5.56 Å². The summed E-state index contributed by atoms with van der Waals surface area (Å²) in [6, 6.07) is 18.8. The van der Waals surface area contributed by atoms with Gasteiger partial charge in [-0.15, -0.1) is 0 Å². The number of amides is 1. The minimum Gasteiger partial charge on any atom is -0.481 e. The van der Waals surface area contributed by atoms with Crippen molar-refractivity contribution in [2.24, 2.45) is 0 Å². The van der Waals surface area contributed by atoms with Crippen molar-refractivity contribution in [1.29, 1.82) is 0 Å². The number of carboxylic acids is 1. The molecule has 11 heteroatoms. The number of methoxy groups -OCH3 is 1. The number of aryl methyl sites for hydroxylation is 1. The van der Waals surface area contributed by atoms with Gasteiger partial charge in [-0.05, 0) is 67.8 Å². The van der Waals surface area contributed by atoms with E-state index in [-0.39, 0.29) is 25.2 Å². The van der Waals surface area contributed by atoms with Crippen LogP contribution in [-0.2, 0) is 27.3 Å². The zero-order chi connectivity index (χ0) is 30.9.